The first kappa shape index (κ1) is 12.4. The van der Waals surface area contributed by atoms with Crippen LogP contribution in [0.4, 0.5) is 4.39 Å². The molecular formula is C14H7FN4S. The van der Waals surface area contributed by atoms with Crippen LogP contribution in [0, 0.1) is 17.1 Å². The summed E-state index contributed by atoms with van der Waals surface area (Å²) < 4.78 is 13.1. The van der Waals surface area contributed by atoms with Gasteiger partial charge in [0.2, 0.25) is 0 Å². The van der Waals surface area contributed by atoms with Gasteiger partial charge in [0.1, 0.15) is 10.8 Å². The minimum Gasteiger partial charge on any atom is -0.261 e. The van der Waals surface area contributed by atoms with E-state index in [1.54, 1.807) is 30.7 Å². The number of thiazole rings is 1. The Morgan fingerprint density at radius 3 is 2.85 bits per heavy atom. The molecule has 0 atom stereocenters. The molecule has 0 unspecified atom stereocenters. The van der Waals surface area contributed by atoms with Crippen molar-refractivity contribution in [2.45, 2.75) is 0 Å². The minimum absolute atomic E-state index is 0.399. The Morgan fingerprint density at radius 2 is 2.05 bits per heavy atom. The number of pyridine rings is 2. The summed E-state index contributed by atoms with van der Waals surface area (Å²) in [5.41, 5.74) is 1.84. The van der Waals surface area contributed by atoms with Crippen LogP contribution in [-0.4, -0.2) is 15.0 Å². The Hall–Kier alpha value is -2.65. The van der Waals surface area contributed by atoms with E-state index in [1.165, 1.54) is 17.4 Å². The molecule has 0 radical (unpaired) electrons. The number of rotatable bonds is 2. The predicted octanol–water partition coefficient (Wildman–Crippen LogP) is 3.28. The van der Waals surface area contributed by atoms with Crippen molar-refractivity contribution < 1.29 is 4.39 Å². The van der Waals surface area contributed by atoms with Gasteiger partial charge in [-0.25, -0.2) is 9.37 Å². The highest BCUT2D eigenvalue weighted by Gasteiger charge is 2.09. The minimum atomic E-state index is -0.399. The Kier molecular flexibility index (Phi) is 3.19. The Morgan fingerprint density at radius 1 is 1.15 bits per heavy atom. The molecule has 3 aromatic rings. The number of nitriles is 1. The lowest BCUT2D eigenvalue weighted by Crippen LogP contribution is -1.81. The number of nitrogens with zero attached hydrogens (tertiary/aromatic N) is 4. The fraction of sp³-hybridized carbons (Fsp3) is 0. The first-order valence-electron chi connectivity index (χ1n) is 5.69. The van der Waals surface area contributed by atoms with Crippen LogP contribution in [0.2, 0.25) is 0 Å². The van der Waals surface area contributed by atoms with Gasteiger partial charge < -0.3 is 0 Å². The molecule has 0 aliphatic carbocycles. The second-order valence-corrected chi connectivity index (χ2v) is 4.99. The van der Waals surface area contributed by atoms with Gasteiger partial charge in [0.15, 0.2) is 0 Å². The highest BCUT2D eigenvalue weighted by molar-refractivity contribution is 7.18. The molecule has 20 heavy (non-hydrogen) atoms. The lowest BCUT2D eigenvalue weighted by atomic mass is 10.2. The predicted molar refractivity (Wildman–Crippen MR) is 73.2 cm³/mol. The molecule has 0 saturated carbocycles. The second-order valence-electron chi connectivity index (χ2n) is 3.96. The fourth-order valence-corrected chi connectivity index (χ4v) is 2.55. The maximum Gasteiger partial charge on any atom is 0.142 e. The summed E-state index contributed by atoms with van der Waals surface area (Å²) >= 11 is 1.38. The van der Waals surface area contributed by atoms with Gasteiger partial charge in [-0.1, -0.05) is 0 Å². The Labute approximate surface area is 118 Å². The van der Waals surface area contributed by atoms with Crippen LogP contribution >= 0.6 is 11.3 Å². The van der Waals surface area contributed by atoms with Crippen molar-refractivity contribution in [2.24, 2.45) is 0 Å². The number of aromatic nitrogens is 3. The van der Waals surface area contributed by atoms with Gasteiger partial charge in [-0.3, -0.25) is 9.97 Å². The van der Waals surface area contributed by atoms with Gasteiger partial charge in [-0.15, -0.1) is 11.3 Å². The van der Waals surface area contributed by atoms with Gasteiger partial charge in [-0.2, -0.15) is 5.26 Å². The van der Waals surface area contributed by atoms with Crippen LogP contribution in [0.25, 0.3) is 21.1 Å². The maximum atomic E-state index is 13.1. The SMILES string of the molecule is N#Cc1ccnc(-c2cnc(-c3cncc(F)c3)s2)c1. The van der Waals surface area contributed by atoms with E-state index in [1.807, 2.05) is 0 Å². The molecule has 0 aliphatic rings. The molecule has 3 heterocycles. The molecule has 96 valence electrons. The normalized spacial score (nSPS) is 10.2. The third-order valence-electron chi connectivity index (χ3n) is 2.60. The molecule has 0 bridgehead atoms. The summed E-state index contributed by atoms with van der Waals surface area (Å²) in [6.45, 7) is 0. The lowest BCUT2D eigenvalue weighted by molar-refractivity contribution is 0.622. The lowest BCUT2D eigenvalue weighted by Gasteiger charge is -1.96. The summed E-state index contributed by atoms with van der Waals surface area (Å²) in [6, 6.07) is 6.79. The van der Waals surface area contributed by atoms with Crippen LogP contribution in [0.5, 0.6) is 0 Å². The first-order chi connectivity index (χ1) is 9.76. The third-order valence-corrected chi connectivity index (χ3v) is 3.67. The number of hydrogen-bond acceptors (Lipinski definition) is 5. The zero-order valence-electron chi connectivity index (χ0n) is 10.1. The van der Waals surface area contributed by atoms with E-state index in [0.29, 0.717) is 21.8 Å². The number of hydrogen-bond donors (Lipinski definition) is 0. The average Bonchev–Trinajstić information content (AvgIpc) is 2.97. The Bertz CT molecular complexity index is 807. The largest absolute Gasteiger partial charge is 0.261 e. The van der Waals surface area contributed by atoms with Crippen molar-refractivity contribution in [2.75, 3.05) is 0 Å². The van der Waals surface area contributed by atoms with Crippen LogP contribution < -0.4 is 0 Å². The van der Waals surface area contributed by atoms with Gasteiger partial charge >= 0.3 is 0 Å². The first-order valence-corrected chi connectivity index (χ1v) is 6.51. The molecule has 0 N–H and O–H groups in total. The topological polar surface area (TPSA) is 62.5 Å². The van der Waals surface area contributed by atoms with Crippen LogP contribution in [-0.2, 0) is 0 Å². The second kappa shape index (κ2) is 5.15. The highest BCUT2D eigenvalue weighted by atomic mass is 32.1. The summed E-state index contributed by atoms with van der Waals surface area (Å²) in [4.78, 5) is 13.1. The van der Waals surface area contributed by atoms with Gasteiger partial charge in [0.05, 0.1) is 28.4 Å². The standard InChI is InChI=1S/C14H7FN4S/c15-11-4-10(6-17-7-11)14-19-8-13(20-14)12-3-9(5-16)1-2-18-12/h1-4,6-8H. The van der Waals surface area contributed by atoms with E-state index in [9.17, 15) is 4.39 Å². The van der Waals surface area contributed by atoms with Crippen LogP contribution in [0.1, 0.15) is 5.56 Å². The zero-order valence-corrected chi connectivity index (χ0v) is 10.9. The fourth-order valence-electron chi connectivity index (χ4n) is 1.69. The van der Waals surface area contributed by atoms with E-state index in [0.717, 1.165) is 11.1 Å². The molecule has 0 aliphatic heterocycles. The van der Waals surface area contributed by atoms with Gasteiger partial charge in [-0.05, 0) is 18.2 Å². The van der Waals surface area contributed by atoms with E-state index < -0.39 is 5.82 Å². The smallest absolute Gasteiger partial charge is 0.142 e. The van der Waals surface area contributed by atoms with Crippen molar-refractivity contribution in [1.82, 2.24) is 15.0 Å². The molecule has 0 spiro atoms. The van der Waals surface area contributed by atoms with E-state index >= 15 is 0 Å². The van der Waals surface area contributed by atoms with Crippen molar-refractivity contribution in [1.29, 1.82) is 5.26 Å². The summed E-state index contributed by atoms with van der Waals surface area (Å²) in [7, 11) is 0. The average molecular weight is 282 g/mol. The van der Waals surface area contributed by atoms with Gasteiger partial charge in [0, 0.05) is 24.2 Å². The van der Waals surface area contributed by atoms with E-state index in [4.69, 9.17) is 5.26 Å². The molecule has 4 nitrogen and oxygen atoms in total. The van der Waals surface area contributed by atoms with E-state index in [2.05, 4.69) is 21.0 Å². The molecule has 3 rings (SSSR count). The van der Waals surface area contributed by atoms with Crippen molar-refractivity contribution in [3.8, 4) is 27.2 Å². The quantitative estimate of drug-likeness (QED) is 0.723. The molecule has 6 heteroatoms. The highest BCUT2D eigenvalue weighted by Crippen LogP contribution is 2.31. The molecule has 0 aromatic carbocycles. The molecule has 0 amide bonds. The summed E-state index contributed by atoms with van der Waals surface area (Å²) in [5, 5.41) is 9.55. The number of halogens is 1. The van der Waals surface area contributed by atoms with Crippen molar-refractivity contribution >= 4 is 11.3 Å². The molecular weight excluding hydrogens is 275 g/mol. The van der Waals surface area contributed by atoms with Crippen LogP contribution in [0.3, 0.4) is 0 Å². The maximum absolute atomic E-state index is 13.1. The molecule has 0 saturated heterocycles. The Balaban J connectivity index is 2.00. The van der Waals surface area contributed by atoms with Gasteiger partial charge in [0.25, 0.3) is 0 Å². The molecule has 3 aromatic heterocycles. The van der Waals surface area contributed by atoms with Crippen molar-refractivity contribution in [3.05, 3.63) is 54.4 Å². The summed E-state index contributed by atoms with van der Waals surface area (Å²) in [5.74, 6) is -0.399. The molecule has 0 fully saturated rings. The monoisotopic (exact) mass is 282 g/mol. The summed E-state index contributed by atoms with van der Waals surface area (Å²) in [6.07, 6.45) is 5.95. The van der Waals surface area contributed by atoms with Crippen molar-refractivity contribution in [3.63, 3.8) is 0 Å². The zero-order chi connectivity index (χ0) is 13.9. The van der Waals surface area contributed by atoms with E-state index in [-0.39, 0.29) is 0 Å². The third kappa shape index (κ3) is 2.39. The van der Waals surface area contributed by atoms with Crippen LogP contribution in [0.15, 0.2) is 43.0 Å².